The minimum atomic E-state index is -0.176. The number of hydrogen-bond donors (Lipinski definition) is 1. The molecule has 0 bridgehead atoms. The van der Waals surface area contributed by atoms with Crippen LogP contribution in [0.15, 0.2) is 52.9 Å². The molecule has 2 amide bonds. The van der Waals surface area contributed by atoms with Gasteiger partial charge >= 0.3 is 0 Å². The average molecular weight is 462 g/mol. The van der Waals surface area contributed by atoms with Crippen LogP contribution in [0.2, 0.25) is 0 Å². The molecule has 0 atom stereocenters. The number of benzene rings is 2. The Kier molecular flexibility index (Phi) is 6.43. The largest absolute Gasteiger partial charge is 0.497 e. The molecule has 2 aliphatic rings. The number of nitrogens with zero attached hydrogens (tertiary/aromatic N) is 2. The molecular formula is C27H31N3O4. The van der Waals surface area contributed by atoms with E-state index in [4.69, 9.17) is 9.15 Å². The van der Waals surface area contributed by atoms with Gasteiger partial charge in [0.15, 0.2) is 0 Å². The van der Waals surface area contributed by atoms with Crippen molar-refractivity contribution >= 4 is 34.2 Å². The molecule has 0 unspecified atom stereocenters. The highest BCUT2D eigenvalue weighted by atomic mass is 16.5. The van der Waals surface area contributed by atoms with Crippen LogP contribution in [0.25, 0.3) is 11.0 Å². The summed E-state index contributed by atoms with van der Waals surface area (Å²) in [6.07, 6.45) is 5.14. The van der Waals surface area contributed by atoms with Gasteiger partial charge in [-0.25, -0.2) is 0 Å². The first kappa shape index (κ1) is 22.3. The highest BCUT2D eigenvalue weighted by Crippen LogP contribution is 2.34. The van der Waals surface area contributed by atoms with Crippen molar-refractivity contribution in [2.24, 2.45) is 5.92 Å². The highest BCUT2D eigenvalue weighted by molar-refractivity contribution is 6.11. The molecule has 1 aliphatic carbocycles. The SMILES string of the molecule is COc1ccc(N2CCN(C(=O)c3oc4ccccc4c3NC(=O)C3CCCCC3)CC2)cc1. The molecule has 2 fully saturated rings. The van der Waals surface area contributed by atoms with Crippen LogP contribution in [0, 0.1) is 5.92 Å². The number of furan rings is 1. The maximum absolute atomic E-state index is 13.5. The van der Waals surface area contributed by atoms with Gasteiger partial charge in [-0.15, -0.1) is 0 Å². The third-order valence-electron chi connectivity index (χ3n) is 7.02. The van der Waals surface area contributed by atoms with E-state index in [9.17, 15) is 9.59 Å². The summed E-state index contributed by atoms with van der Waals surface area (Å²) in [6, 6.07) is 15.5. The Bertz CT molecular complexity index is 1160. The Morgan fingerprint density at radius 3 is 2.35 bits per heavy atom. The number of methoxy groups -OCH3 is 1. The first-order valence-electron chi connectivity index (χ1n) is 12.1. The van der Waals surface area contributed by atoms with Crippen molar-refractivity contribution in [1.82, 2.24) is 4.90 Å². The Labute approximate surface area is 199 Å². The Balaban J connectivity index is 1.32. The number of carbonyl (C=O) groups excluding carboxylic acids is 2. The number of piperazine rings is 1. The zero-order valence-electron chi connectivity index (χ0n) is 19.6. The number of para-hydroxylation sites is 1. The van der Waals surface area contributed by atoms with Crippen LogP contribution in [0.3, 0.4) is 0 Å². The molecule has 2 aromatic carbocycles. The van der Waals surface area contributed by atoms with Crippen LogP contribution in [-0.2, 0) is 4.79 Å². The summed E-state index contributed by atoms with van der Waals surface area (Å²) >= 11 is 0. The summed E-state index contributed by atoms with van der Waals surface area (Å²) in [6.45, 7) is 2.61. The first-order valence-corrected chi connectivity index (χ1v) is 12.1. The summed E-state index contributed by atoms with van der Waals surface area (Å²) in [5.41, 5.74) is 2.23. The van der Waals surface area contributed by atoms with Crippen molar-refractivity contribution in [3.63, 3.8) is 0 Å². The predicted octanol–water partition coefficient (Wildman–Crippen LogP) is 4.92. The number of amides is 2. The van der Waals surface area contributed by atoms with E-state index < -0.39 is 0 Å². The van der Waals surface area contributed by atoms with Crippen molar-refractivity contribution in [3.8, 4) is 5.75 Å². The van der Waals surface area contributed by atoms with Gasteiger partial charge in [0.05, 0.1) is 7.11 Å². The summed E-state index contributed by atoms with van der Waals surface area (Å²) < 4.78 is 11.3. The highest BCUT2D eigenvalue weighted by Gasteiger charge is 2.30. The van der Waals surface area contributed by atoms with Crippen molar-refractivity contribution < 1.29 is 18.7 Å². The van der Waals surface area contributed by atoms with Gasteiger partial charge in [-0.3, -0.25) is 9.59 Å². The molecule has 1 saturated heterocycles. The lowest BCUT2D eigenvalue weighted by Gasteiger charge is -2.35. The fourth-order valence-corrected chi connectivity index (χ4v) is 5.01. The quantitative estimate of drug-likeness (QED) is 0.584. The number of carbonyl (C=O) groups is 2. The molecule has 1 saturated carbocycles. The Morgan fingerprint density at radius 1 is 0.941 bits per heavy atom. The lowest BCUT2D eigenvalue weighted by atomic mass is 9.88. The van der Waals surface area contributed by atoms with E-state index in [0.717, 1.165) is 55.6 Å². The molecule has 2 heterocycles. The maximum Gasteiger partial charge on any atom is 0.291 e. The van der Waals surface area contributed by atoms with Crippen LogP contribution in [0.5, 0.6) is 5.75 Å². The number of fused-ring (bicyclic) bond motifs is 1. The molecule has 178 valence electrons. The number of ether oxygens (including phenoxy) is 1. The summed E-state index contributed by atoms with van der Waals surface area (Å²) in [5, 5.41) is 3.84. The van der Waals surface area contributed by atoms with Crippen molar-refractivity contribution in [2.45, 2.75) is 32.1 Å². The van der Waals surface area contributed by atoms with Gasteiger partial charge in [-0.1, -0.05) is 31.4 Å². The molecule has 0 radical (unpaired) electrons. The summed E-state index contributed by atoms with van der Waals surface area (Å²) in [4.78, 5) is 30.6. The molecule has 7 nitrogen and oxygen atoms in total. The zero-order chi connectivity index (χ0) is 23.5. The average Bonchev–Trinajstić information content (AvgIpc) is 3.27. The molecule has 3 aromatic rings. The van der Waals surface area contributed by atoms with Crippen molar-refractivity contribution in [3.05, 3.63) is 54.3 Å². The van der Waals surface area contributed by atoms with Crippen molar-refractivity contribution in [1.29, 1.82) is 0 Å². The molecule has 1 N–H and O–H groups in total. The molecule has 5 rings (SSSR count). The van der Waals surface area contributed by atoms with Gasteiger partial charge in [-0.05, 0) is 49.2 Å². The van der Waals surface area contributed by atoms with Gasteiger partial charge in [0.2, 0.25) is 11.7 Å². The standard InChI is InChI=1S/C27H31N3O4/c1-33-21-13-11-20(12-14-21)29-15-17-30(18-16-29)27(32)25-24(22-9-5-6-10-23(22)34-25)28-26(31)19-7-3-2-4-8-19/h5-6,9-14,19H,2-4,7-8,15-18H2,1H3,(H,28,31). The first-order chi connectivity index (χ1) is 16.6. The third-order valence-corrected chi connectivity index (χ3v) is 7.02. The van der Waals surface area contributed by atoms with E-state index in [1.807, 2.05) is 53.4 Å². The normalized spacial score (nSPS) is 17.1. The zero-order valence-corrected chi connectivity index (χ0v) is 19.6. The lowest BCUT2D eigenvalue weighted by Crippen LogP contribution is -2.48. The minimum Gasteiger partial charge on any atom is -0.497 e. The van der Waals surface area contributed by atoms with Gasteiger partial charge < -0.3 is 24.3 Å². The second-order valence-corrected chi connectivity index (χ2v) is 9.10. The van der Waals surface area contributed by atoms with Crippen LogP contribution >= 0.6 is 0 Å². The molecule has 7 heteroatoms. The van der Waals surface area contributed by atoms with Crippen LogP contribution in [0.4, 0.5) is 11.4 Å². The van der Waals surface area contributed by atoms with E-state index in [0.29, 0.717) is 24.4 Å². The third kappa shape index (κ3) is 4.47. The number of hydrogen-bond acceptors (Lipinski definition) is 5. The molecule has 1 aromatic heterocycles. The van der Waals surface area contributed by atoms with E-state index in [-0.39, 0.29) is 23.5 Å². The fraction of sp³-hybridized carbons (Fsp3) is 0.407. The fourth-order valence-electron chi connectivity index (χ4n) is 5.01. The smallest absolute Gasteiger partial charge is 0.291 e. The van der Waals surface area contributed by atoms with Crippen LogP contribution in [0.1, 0.15) is 42.7 Å². The van der Waals surface area contributed by atoms with E-state index in [1.54, 1.807) is 7.11 Å². The molecule has 34 heavy (non-hydrogen) atoms. The van der Waals surface area contributed by atoms with Crippen LogP contribution in [-0.4, -0.2) is 50.0 Å². The maximum atomic E-state index is 13.5. The second kappa shape index (κ2) is 9.79. The van der Waals surface area contributed by atoms with E-state index >= 15 is 0 Å². The Hall–Kier alpha value is -3.48. The van der Waals surface area contributed by atoms with Gasteiger partial charge in [0.1, 0.15) is 17.0 Å². The monoisotopic (exact) mass is 461 g/mol. The van der Waals surface area contributed by atoms with Crippen LogP contribution < -0.4 is 15.0 Å². The van der Waals surface area contributed by atoms with Gasteiger partial charge in [0, 0.05) is 43.2 Å². The van der Waals surface area contributed by atoms with Gasteiger partial charge in [0.25, 0.3) is 5.91 Å². The molecular weight excluding hydrogens is 430 g/mol. The molecule has 0 spiro atoms. The number of rotatable bonds is 5. The Morgan fingerprint density at radius 2 is 1.65 bits per heavy atom. The lowest BCUT2D eigenvalue weighted by molar-refractivity contribution is -0.120. The van der Waals surface area contributed by atoms with Gasteiger partial charge in [-0.2, -0.15) is 0 Å². The summed E-state index contributed by atoms with van der Waals surface area (Å²) in [7, 11) is 1.66. The van der Waals surface area contributed by atoms with E-state index in [2.05, 4.69) is 10.2 Å². The van der Waals surface area contributed by atoms with E-state index in [1.165, 1.54) is 6.42 Å². The number of nitrogens with one attached hydrogen (secondary N) is 1. The minimum absolute atomic E-state index is 0.00148. The molecule has 1 aliphatic heterocycles. The summed E-state index contributed by atoms with van der Waals surface area (Å²) in [5.74, 6) is 0.862. The van der Waals surface area contributed by atoms with Crippen molar-refractivity contribution in [2.75, 3.05) is 43.5 Å². The predicted molar refractivity (Wildman–Crippen MR) is 133 cm³/mol. The number of anilines is 2. The topological polar surface area (TPSA) is 75.0 Å². The second-order valence-electron chi connectivity index (χ2n) is 9.10.